The predicted molar refractivity (Wildman–Crippen MR) is 127 cm³/mol. The third-order valence-electron chi connectivity index (χ3n) is 6.62. The van der Waals surface area contributed by atoms with Crippen molar-refractivity contribution in [2.45, 2.75) is 38.8 Å². The van der Waals surface area contributed by atoms with Crippen LogP contribution < -0.4 is 16.7 Å². The van der Waals surface area contributed by atoms with Crippen molar-refractivity contribution in [3.05, 3.63) is 46.5 Å². The number of nitrogens with zero attached hydrogens (tertiary/aromatic N) is 4. The molecular weight excluding hydrogens is 420 g/mol. The standard InChI is InChI=1S/C24H34N6O3/c1-18(31)28-13-5-9-20(17-28)30-21(19-7-3-2-4-8-19)22(29(24(30)33)14-6-10-25)23(32)27-15-11-26-12-16-27/h2-4,7-8,20,26H,5-6,9-17,25H2,1H3. The Morgan fingerprint density at radius 3 is 2.48 bits per heavy atom. The van der Waals surface area contributed by atoms with Crippen LogP contribution in [0.15, 0.2) is 35.1 Å². The molecule has 0 spiro atoms. The smallest absolute Gasteiger partial charge is 0.329 e. The molecule has 0 bridgehead atoms. The first-order chi connectivity index (χ1) is 16.0. The predicted octanol–water partition coefficient (Wildman–Crippen LogP) is 0.894. The van der Waals surface area contributed by atoms with Crippen LogP contribution in [0.4, 0.5) is 0 Å². The Morgan fingerprint density at radius 2 is 1.82 bits per heavy atom. The van der Waals surface area contributed by atoms with E-state index >= 15 is 0 Å². The summed E-state index contributed by atoms with van der Waals surface area (Å²) in [5, 5.41) is 3.28. The highest BCUT2D eigenvalue weighted by Gasteiger charge is 2.34. The number of hydrogen-bond acceptors (Lipinski definition) is 5. The Kier molecular flexibility index (Phi) is 7.29. The van der Waals surface area contributed by atoms with Crippen molar-refractivity contribution in [3.8, 4) is 11.3 Å². The van der Waals surface area contributed by atoms with Crippen molar-refractivity contribution in [1.29, 1.82) is 0 Å². The van der Waals surface area contributed by atoms with Crippen LogP contribution >= 0.6 is 0 Å². The maximum absolute atomic E-state index is 13.9. The Morgan fingerprint density at radius 1 is 1.09 bits per heavy atom. The van der Waals surface area contributed by atoms with Gasteiger partial charge in [0, 0.05) is 58.3 Å². The van der Waals surface area contributed by atoms with Gasteiger partial charge >= 0.3 is 5.69 Å². The van der Waals surface area contributed by atoms with Gasteiger partial charge in [-0.15, -0.1) is 0 Å². The monoisotopic (exact) mass is 454 g/mol. The lowest BCUT2D eigenvalue weighted by molar-refractivity contribution is -0.130. The maximum Gasteiger partial charge on any atom is 0.329 e. The van der Waals surface area contributed by atoms with Gasteiger partial charge in [-0.2, -0.15) is 0 Å². The van der Waals surface area contributed by atoms with E-state index in [0.29, 0.717) is 57.1 Å². The first-order valence-electron chi connectivity index (χ1n) is 11.9. The molecular formula is C24H34N6O3. The average Bonchev–Trinajstić information content (AvgIpc) is 3.15. The summed E-state index contributed by atoms with van der Waals surface area (Å²) in [5.74, 6) is -0.115. The van der Waals surface area contributed by atoms with Crippen molar-refractivity contribution < 1.29 is 9.59 Å². The fourth-order valence-corrected chi connectivity index (χ4v) is 4.92. The number of nitrogens with one attached hydrogen (secondary N) is 1. The summed E-state index contributed by atoms with van der Waals surface area (Å²) in [6.07, 6.45) is 2.20. The minimum atomic E-state index is -0.198. The molecule has 2 amide bonds. The Bertz CT molecular complexity index is 1040. The largest absolute Gasteiger partial charge is 0.341 e. The molecule has 9 nitrogen and oxygen atoms in total. The average molecular weight is 455 g/mol. The molecule has 3 N–H and O–H groups in total. The topological polar surface area (TPSA) is 106 Å². The second kappa shape index (κ2) is 10.4. The number of imidazole rings is 1. The van der Waals surface area contributed by atoms with E-state index in [0.717, 1.165) is 31.5 Å². The van der Waals surface area contributed by atoms with Crippen LogP contribution in [-0.4, -0.2) is 76.6 Å². The van der Waals surface area contributed by atoms with E-state index in [9.17, 15) is 14.4 Å². The van der Waals surface area contributed by atoms with Crippen molar-refractivity contribution in [1.82, 2.24) is 24.3 Å². The summed E-state index contributed by atoms with van der Waals surface area (Å²) < 4.78 is 3.39. The van der Waals surface area contributed by atoms with E-state index in [1.54, 1.807) is 21.0 Å². The lowest BCUT2D eigenvalue weighted by atomic mass is 10.0. The van der Waals surface area contributed by atoms with Gasteiger partial charge in [0.1, 0.15) is 5.69 Å². The molecule has 0 saturated carbocycles. The quantitative estimate of drug-likeness (QED) is 0.675. The van der Waals surface area contributed by atoms with E-state index < -0.39 is 0 Å². The molecule has 0 radical (unpaired) electrons. The summed E-state index contributed by atoms with van der Waals surface area (Å²) in [5.41, 5.74) is 7.49. The molecule has 2 aliphatic heterocycles. The number of piperazine rings is 1. The number of carbonyl (C=O) groups excluding carboxylic acids is 2. The Labute approximate surface area is 194 Å². The van der Waals surface area contributed by atoms with E-state index in [1.807, 2.05) is 35.2 Å². The van der Waals surface area contributed by atoms with Crippen molar-refractivity contribution >= 4 is 11.8 Å². The van der Waals surface area contributed by atoms with E-state index in [1.165, 1.54) is 0 Å². The Balaban J connectivity index is 1.89. The fraction of sp³-hybridized carbons (Fsp3) is 0.542. The zero-order valence-corrected chi connectivity index (χ0v) is 19.3. The third kappa shape index (κ3) is 4.74. The number of nitrogens with two attached hydrogens (primary N) is 1. The fourth-order valence-electron chi connectivity index (χ4n) is 4.92. The van der Waals surface area contributed by atoms with Gasteiger partial charge in [0.15, 0.2) is 0 Å². The number of amides is 2. The summed E-state index contributed by atoms with van der Waals surface area (Å²) >= 11 is 0. The highest BCUT2D eigenvalue weighted by atomic mass is 16.2. The minimum Gasteiger partial charge on any atom is -0.341 e. The van der Waals surface area contributed by atoms with E-state index in [2.05, 4.69) is 5.32 Å². The summed E-state index contributed by atoms with van der Waals surface area (Å²) in [6, 6.07) is 9.47. The second-order valence-corrected chi connectivity index (χ2v) is 8.81. The normalized spacial score (nSPS) is 19.0. The van der Waals surface area contributed by atoms with E-state index in [-0.39, 0.29) is 23.5 Å². The molecule has 1 aromatic carbocycles. The molecule has 9 heteroatoms. The van der Waals surface area contributed by atoms with Crippen LogP contribution in [0.2, 0.25) is 0 Å². The summed E-state index contributed by atoms with van der Waals surface area (Å²) in [7, 11) is 0. The number of benzene rings is 1. The Hall–Kier alpha value is -2.91. The molecule has 0 aliphatic carbocycles. The van der Waals surface area contributed by atoms with Gasteiger partial charge in [0.25, 0.3) is 5.91 Å². The lowest BCUT2D eigenvalue weighted by Crippen LogP contribution is -2.47. The first kappa shape index (κ1) is 23.3. The van der Waals surface area contributed by atoms with E-state index in [4.69, 9.17) is 5.73 Å². The van der Waals surface area contributed by atoms with Crippen LogP contribution in [0.3, 0.4) is 0 Å². The molecule has 1 atom stereocenters. The second-order valence-electron chi connectivity index (χ2n) is 8.81. The van der Waals surface area contributed by atoms with Crippen LogP contribution in [-0.2, 0) is 11.3 Å². The summed E-state index contributed by atoms with van der Waals surface area (Å²) in [4.78, 5) is 43.4. The molecule has 3 heterocycles. The molecule has 33 heavy (non-hydrogen) atoms. The van der Waals surface area contributed by atoms with Crippen molar-refractivity contribution in [2.24, 2.45) is 5.73 Å². The molecule has 2 saturated heterocycles. The number of piperidine rings is 1. The zero-order valence-electron chi connectivity index (χ0n) is 19.3. The number of aromatic nitrogens is 2. The molecule has 1 unspecified atom stereocenters. The number of hydrogen-bond donors (Lipinski definition) is 2. The molecule has 1 aromatic heterocycles. The van der Waals surface area contributed by atoms with Gasteiger partial charge in [0.05, 0.1) is 11.7 Å². The lowest BCUT2D eigenvalue weighted by Gasteiger charge is -2.33. The SMILES string of the molecule is CC(=O)N1CCCC(n2c(-c3ccccc3)c(C(=O)N3CCNCC3)n(CCCN)c2=O)C1. The van der Waals surface area contributed by atoms with Gasteiger partial charge in [-0.05, 0) is 25.8 Å². The van der Waals surface area contributed by atoms with Gasteiger partial charge in [-0.1, -0.05) is 30.3 Å². The highest BCUT2D eigenvalue weighted by Crippen LogP contribution is 2.31. The number of likely N-dealkylation sites (tertiary alicyclic amines) is 1. The first-order valence-corrected chi connectivity index (χ1v) is 11.9. The van der Waals surface area contributed by atoms with Crippen LogP contribution in [0.5, 0.6) is 0 Å². The van der Waals surface area contributed by atoms with Crippen molar-refractivity contribution in [3.63, 3.8) is 0 Å². The van der Waals surface area contributed by atoms with Crippen LogP contribution in [0.25, 0.3) is 11.3 Å². The van der Waals surface area contributed by atoms with Gasteiger partial charge in [-0.25, -0.2) is 4.79 Å². The van der Waals surface area contributed by atoms with Crippen molar-refractivity contribution in [2.75, 3.05) is 45.8 Å². The summed E-state index contributed by atoms with van der Waals surface area (Å²) in [6.45, 7) is 6.22. The molecule has 178 valence electrons. The van der Waals surface area contributed by atoms with Crippen LogP contribution in [0, 0.1) is 0 Å². The van der Waals surface area contributed by atoms with Crippen LogP contribution in [0.1, 0.15) is 42.7 Å². The number of rotatable bonds is 6. The third-order valence-corrected chi connectivity index (χ3v) is 6.62. The zero-order chi connectivity index (χ0) is 23.4. The van der Waals surface area contributed by atoms with Gasteiger partial charge in [0.2, 0.25) is 5.91 Å². The highest BCUT2D eigenvalue weighted by molar-refractivity contribution is 5.98. The molecule has 2 fully saturated rings. The van der Waals surface area contributed by atoms with Gasteiger partial charge in [-0.3, -0.25) is 18.7 Å². The minimum absolute atomic E-state index is 0.00805. The van der Waals surface area contributed by atoms with Gasteiger partial charge < -0.3 is 20.9 Å². The molecule has 2 aromatic rings. The maximum atomic E-state index is 13.9. The molecule has 4 rings (SSSR count). The number of carbonyl (C=O) groups is 2. The molecule has 2 aliphatic rings.